The number of anilines is 1. The van der Waals surface area contributed by atoms with Crippen LogP contribution in [0.4, 0.5) is 5.69 Å². The Kier molecular flexibility index (Phi) is 4.58. The quantitative estimate of drug-likeness (QED) is 0.880. The van der Waals surface area contributed by atoms with Crippen LogP contribution in [0.25, 0.3) is 0 Å². The van der Waals surface area contributed by atoms with Crippen LogP contribution in [0.3, 0.4) is 0 Å². The molecule has 0 bridgehead atoms. The molecule has 0 saturated carbocycles. The summed E-state index contributed by atoms with van der Waals surface area (Å²) in [5, 5.41) is 0.364. The molecule has 104 valence electrons. The lowest BCUT2D eigenvalue weighted by Gasteiger charge is -2.21. The van der Waals surface area contributed by atoms with Crippen molar-refractivity contribution >= 4 is 23.2 Å². The number of nitrogens with two attached hydrogens (primary N) is 1. The van der Waals surface area contributed by atoms with Crippen molar-refractivity contribution in [3.8, 4) is 0 Å². The van der Waals surface area contributed by atoms with Gasteiger partial charge >= 0.3 is 0 Å². The van der Waals surface area contributed by atoms with Gasteiger partial charge in [0.1, 0.15) is 0 Å². The third-order valence-corrected chi connectivity index (χ3v) is 3.30. The van der Waals surface area contributed by atoms with Crippen molar-refractivity contribution in [1.82, 2.24) is 9.88 Å². The van der Waals surface area contributed by atoms with E-state index in [0.717, 1.165) is 5.56 Å². The van der Waals surface area contributed by atoms with E-state index in [1.54, 1.807) is 17.2 Å². The van der Waals surface area contributed by atoms with Crippen LogP contribution in [-0.2, 0) is 6.54 Å². The fourth-order valence-electron chi connectivity index (χ4n) is 1.96. The Balaban J connectivity index is 2.20. The summed E-state index contributed by atoms with van der Waals surface area (Å²) in [5.74, 6) is -0.109. The number of aromatic nitrogens is 1. The van der Waals surface area contributed by atoms with E-state index >= 15 is 0 Å². The van der Waals surface area contributed by atoms with E-state index in [1.165, 1.54) is 6.20 Å². The molecule has 0 radical (unpaired) electrons. The van der Waals surface area contributed by atoms with Crippen molar-refractivity contribution < 1.29 is 4.79 Å². The molecule has 0 unspecified atom stereocenters. The van der Waals surface area contributed by atoms with Gasteiger partial charge in [-0.3, -0.25) is 9.78 Å². The average Bonchev–Trinajstić information content (AvgIpc) is 2.44. The molecular formula is C15H16ClN3O. The van der Waals surface area contributed by atoms with Gasteiger partial charge in [0.25, 0.3) is 5.91 Å². The first-order valence-corrected chi connectivity index (χ1v) is 6.72. The summed E-state index contributed by atoms with van der Waals surface area (Å²) in [6, 6.07) is 9.14. The van der Waals surface area contributed by atoms with Gasteiger partial charge in [0.2, 0.25) is 0 Å². The molecule has 1 aromatic heterocycles. The summed E-state index contributed by atoms with van der Waals surface area (Å²) in [7, 11) is 0. The topological polar surface area (TPSA) is 59.2 Å². The Morgan fingerprint density at radius 2 is 2.20 bits per heavy atom. The number of hydrogen-bond donors (Lipinski definition) is 1. The van der Waals surface area contributed by atoms with Gasteiger partial charge in [-0.2, -0.15) is 0 Å². The van der Waals surface area contributed by atoms with Crippen LogP contribution in [0.2, 0.25) is 5.02 Å². The van der Waals surface area contributed by atoms with Gasteiger partial charge in [0.05, 0.1) is 10.6 Å². The molecular weight excluding hydrogens is 274 g/mol. The summed E-state index contributed by atoms with van der Waals surface area (Å²) in [5.41, 5.74) is 7.90. The summed E-state index contributed by atoms with van der Waals surface area (Å²) in [6.45, 7) is 3.02. The van der Waals surface area contributed by atoms with Gasteiger partial charge in [-0.1, -0.05) is 23.7 Å². The Labute approximate surface area is 123 Å². The number of nitrogens with zero attached hydrogens (tertiary/aromatic N) is 2. The highest BCUT2D eigenvalue weighted by atomic mass is 35.5. The van der Waals surface area contributed by atoms with Crippen LogP contribution in [0.5, 0.6) is 0 Å². The molecule has 0 saturated heterocycles. The van der Waals surface area contributed by atoms with Crippen LogP contribution in [0, 0.1) is 0 Å². The van der Waals surface area contributed by atoms with E-state index in [2.05, 4.69) is 4.98 Å². The smallest absolute Gasteiger partial charge is 0.255 e. The molecule has 2 rings (SSSR count). The van der Waals surface area contributed by atoms with Crippen LogP contribution in [-0.4, -0.2) is 22.3 Å². The molecule has 0 spiro atoms. The number of amides is 1. The van der Waals surface area contributed by atoms with Crippen molar-refractivity contribution in [3.63, 3.8) is 0 Å². The molecule has 1 heterocycles. The van der Waals surface area contributed by atoms with Gasteiger partial charge < -0.3 is 10.6 Å². The predicted octanol–water partition coefficient (Wildman–Crippen LogP) is 2.98. The zero-order chi connectivity index (χ0) is 14.5. The van der Waals surface area contributed by atoms with Crippen molar-refractivity contribution in [1.29, 1.82) is 0 Å². The highest BCUT2D eigenvalue weighted by Crippen LogP contribution is 2.18. The number of carbonyl (C=O) groups excluding carboxylic acids is 1. The lowest BCUT2D eigenvalue weighted by Crippen LogP contribution is -2.30. The Morgan fingerprint density at radius 3 is 2.85 bits per heavy atom. The number of halogens is 1. The summed E-state index contributed by atoms with van der Waals surface area (Å²) in [4.78, 5) is 18.1. The van der Waals surface area contributed by atoms with Crippen molar-refractivity contribution in [2.75, 3.05) is 12.3 Å². The molecule has 20 heavy (non-hydrogen) atoms. The molecule has 1 aromatic carbocycles. The van der Waals surface area contributed by atoms with Crippen LogP contribution in [0.15, 0.2) is 42.7 Å². The maximum atomic E-state index is 12.5. The minimum absolute atomic E-state index is 0.109. The first-order valence-electron chi connectivity index (χ1n) is 6.35. The zero-order valence-electron chi connectivity index (χ0n) is 11.2. The van der Waals surface area contributed by atoms with Gasteiger partial charge in [-0.15, -0.1) is 0 Å². The minimum Gasteiger partial charge on any atom is -0.399 e. The summed E-state index contributed by atoms with van der Waals surface area (Å²) in [6.07, 6.45) is 3.04. The fourth-order valence-corrected chi connectivity index (χ4v) is 2.16. The predicted molar refractivity (Wildman–Crippen MR) is 80.5 cm³/mol. The van der Waals surface area contributed by atoms with E-state index in [1.807, 2.05) is 31.2 Å². The normalized spacial score (nSPS) is 10.3. The zero-order valence-corrected chi connectivity index (χ0v) is 12.0. The van der Waals surface area contributed by atoms with Crippen molar-refractivity contribution in [3.05, 3.63) is 58.9 Å². The number of pyridine rings is 1. The SMILES string of the molecule is CCN(Cc1cccc(N)c1)C(=O)c1ccncc1Cl. The Hall–Kier alpha value is -2.07. The highest BCUT2D eigenvalue weighted by Gasteiger charge is 2.17. The number of rotatable bonds is 4. The fraction of sp³-hybridized carbons (Fsp3) is 0.200. The van der Waals surface area contributed by atoms with Crippen LogP contribution in [0.1, 0.15) is 22.8 Å². The molecule has 0 atom stereocenters. The number of hydrogen-bond acceptors (Lipinski definition) is 3. The Bertz CT molecular complexity index is 616. The largest absolute Gasteiger partial charge is 0.399 e. The Morgan fingerprint density at radius 1 is 1.40 bits per heavy atom. The average molecular weight is 290 g/mol. The van der Waals surface area contributed by atoms with Gasteiger partial charge in [-0.05, 0) is 30.7 Å². The maximum absolute atomic E-state index is 12.5. The standard InChI is InChI=1S/C15H16ClN3O/c1-2-19(10-11-4-3-5-12(17)8-11)15(20)13-6-7-18-9-14(13)16/h3-9H,2,10,17H2,1H3. The highest BCUT2D eigenvalue weighted by molar-refractivity contribution is 6.33. The minimum atomic E-state index is -0.109. The summed E-state index contributed by atoms with van der Waals surface area (Å²) < 4.78 is 0. The lowest BCUT2D eigenvalue weighted by molar-refractivity contribution is 0.0752. The van der Waals surface area contributed by atoms with Crippen LogP contribution >= 0.6 is 11.6 Å². The molecule has 4 nitrogen and oxygen atoms in total. The van der Waals surface area contributed by atoms with Gasteiger partial charge in [0.15, 0.2) is 0 Å². The third-order valence-electron chi connectivity index (χ3n) is 3.00. The molecule has 5 heteroatoms. The molecule has 2 aromatic rings. The molecule has 1 amide bonds. The van der Waals surface area contributed by atoms with E-state index < -0.39 is 0 Å². The molecule has 0 fully saturated rings. The van der Waals surface area contributed by atoms with Crippen molar-refractivity contribution in [2.24, 2.45) is 0 Å². The van der Waals surface area contributed by atoms with E-state index in [-0.39, 0.29) is 5.91 Å². The monoisotopic (exact) mass is 289 g/mol. The van der Waals surface area contributed by atoms with Gasteiger partial charge in [0, 0.05) is 31.2 Å². The van der Waals surface area contributed by atoms with Crippen molar-refractivity contribution in [2.45, 2.75) is 13.5 Å². The molecule has 0 aliphatic carbocycles. The second-order valence-electron chi connectivity index (χ2n) is 4.42. The molecule has 2 N–H and O–H groups in total. The second-order valence-corrected chi connectivity index (χ2v) is 4.83. The summed E-state index contributed by atoms with van der Waals surface area (Å²) >= 11 is 6.02. The number of carbonyl (C=O) groups is 1. The third kappa shape index (κ3) is 3.27. The first kappa shape index (κ1) is 14.3. The molecule has 0 aliphatic heterocycles. The van der Waals surface area contributed by atoms with E-state index in [0.29, 0.717) is 29.4 Å². The molecule has 0 aliphatic rings. The number of nitrogen functional groups attached to an aromatic ring is 1. The van der Waals surface area contributed by atoms with Crippen LogP contribution < -0.4 is 5.73 Å². The second kappa shape index (κ2) is 6.39. The first-order chi connectivity index (χ1) is 9.61. The maximum Gasteiger partial charge on any atom is 0.255 e. The van der Waals surface area contributed by atoms with E-state index in [4.69, 9.17) is 17.3 Å². The number of benzene rings is 1. The lowest BCUT2D eigenvalue weighted by atomic mass is 10.1. The van der Waals surface area contributed by atoms with Gasteiger partial charge in [-0.25, -0.2) is 0 Å². The van der Waals surface area contributed by atoms with E-state index in [9.17, 15) is 4.79 Å².